The van der Waals surface area contributed by atoms with Crippen molar-refractivity contribution in [3.05, 3.63) is 29.8 Å². The fourth-order valence-corrected chi connectivity index (χ4v) is 3.14. The van der Waals surface area contributed by atoms with Crippen LogP contribution < -0.4 is 0 Å². The summed E-state index contributed by atoms with van der Waals surface area (Å²) in [5, 5.41) is 0. The molecule has 0 unspecified atom stereocenters. The second-order valence-electron chi connectivity index (χ2n) is 4.66. The number of carbonyl (C=O) groups excluding carboxylic acids is 1. The molecule has 1 nitrogen and oxygen atoms in total. The predicted molar refractivity (Wildman–Crippen MR) is 73.7 cm³/mol. The molecule has 17 heavy (non-hydrogen) atoms. The zero-order valence-electron chi connectivity index (χ0n) is 10.4. The molecule has 0 N–H and O–H groups in total. The summed E-state index contributed by atoms with van der Waals surface area (Å²) in [6.07, 6.45) is 5.92. The van der Waals surface area contributed by atoms with Crippen molar-refractivity contribution in [1.82, 2.24) is 0 Å². The van der Waals surface area contributed by atoms with Crippen LogP contribution in [0.5, 0.6) is 0 Å². The molecule has 0 saturated heterocycles. The van der Waals surface area contributed by atoms with E-state index < -0.39 is 0 Å². The van der Waals surface area contributed by atoms with Crippen molar-refractivity contribution in [3.63, 3.8) is 0 Å². The topological polar surface area (TPSA) is 17.1 Å². The second kappa shape index (κ2) is 6.25. The number of thioether (sulfide) groups is 1. The maximum Gasteiger partial charge on any atom is 0.165 e. The average Bonchev–Trinajstić information content (AvgIpc) is 2.40. The molecule has 0 heterocycles. The molecule has 0 amide bonds. The highest BCUT2D eigenvalue weighted by Gasteiger charge is 2.21. The van der Waals surface area contributed by atoms with Gasteiger partial charge in [0.15, 0.2) is 5.78 Å². The molecule has 0 aliphatic heterocycles. The summed E-state index contributed by atoms with van der Waals surface area (Å²) in [7, 11) is 0. The Labute approximate surface area is 108 Å². The number of Topliss-reactive ketones (excluding diaryl/α,β-unsaturated/α-hetero) is 1. The number of rotatable bonds is 4. The quantitative estimate of drug-likeness (QED) is 0.574. The van der Waals surface area contributed by atoms with E-state index in [1.165, 1.54) is 24.2 Å². The van der Waals surface area contributed by atoms with E-state index in [0.717, 1.165) is 24.2 Å². The van der Waals surface area contributed by atoms with Crippen LogP contribution in [0.2, 0.25) is 0 Å². The van der Waals surface area contributed by atoms with Gasteiger partial charge in [0.2, 0.25) is 0 Å². The fraction of sp³-hybridized carbons (Fsp3) is 0.533. The van der Waals surface area contributed by atoms with Crippen molar-refractivity contribution in [2.24, 2.45) is 5.92 Å². The summed E-state index contributed by atoms with van der Waals surface area (Å²) in [5.41, 5.74) is 0.900. The van der Waals surface area contributed by atoms with Crippen LogP contribution in [-0.4, -0.2) is 11.5 Å². The van der Waals surface area contributed by atoms with E-state index >= 15 is 0 Å². The predicted octanol–water partition coefficient (Wildman–Crippen LogP) is 4.56. The van der Waals surface area contributed by atoms with Crippen LogP contribution >= 0.6 is 11.8 Å². The first-order chi connectivity index (χ1) is 8.31. The van der Waals surface area contributed by atoms with Gasteiger partial charge in [-0.3, -0.25) is 4.79 Å². The first-order valence-electron chi connectivity index (χ1n) is 6.58. The molecule has 1 aromatic rings. The van der Waals surface area contributed by atoms with Gasteiger partial charge in [-0.25, -0.2) is 0 Å². The van der Waals surface area contributed by atoms with Crippen LogP contribution in [0.1, 0.15) is 49.4 Å². The number of benzene rings is 1. The normalized spacial score (nSPS) is 17.0. The van der Waals surface area contributed by atoms with Gasteiger partial charge in [0.25, 0.3) is 0 Å². The van der Waals surface area contributed by atoms with E-state index in [0.29, 0.717) is 5.78 Å². The van der Waals surface area contributed by atoms with Crippen molar-refractivity contribution in [2.75, 3.05) is 5.75 Å². The minimum atomic E-state index is 0.286. The Kier molecular flexibility index (Phi) is 4.66. The first-order valence-corrected chi connectivity index (χ1v) is 7.57. The maximum absolute atomic E-state index is 12.3. The Morgan fingerprint density at radius 3 is 2.41 bits per heavy atom. The molecule has 92 valence electrons. The van der Waals surface area contributed by atoms with Gasteiger partial charge in [-0.05, 0) is 30.7 Å². The van der Waals surface area contributed by atoms with Gasteiger partial charge in [-0.15, -0.1) is 11.8 Å². The van der Waals surface area contributed by atoms with Crippen LogP contribution in [-0.2, 0) is 0 Å². The Balaban J connectivity index is 2.03. The van der Waals surface area contributed by atoms with E-state index in [-0.39, 0.29) is 5.92 Å². The van der Waals surface area contributed by atoms with Gasteiger partial charge in [-0.1, -0.05) is 38.3 Å². The molecule has 2 heteroatoms. The summed E-state index contributed by atoms with van der Waals surface area (Å²) in [6.45, 7) is 2.14. The van der Waals surface area contributed by atoms with E-state index in [2.05, 4.69) is 19.1 Å². The third-order valence-corrected chi connectivity index (χ3v) is 4.32. The molecular weight excluding hydrogens is 228 g/mol. The van der Waals surface area contributed by atoms with Crippen molar-refractivity contribution < 1.29 is 4.79 Å². The van der Waals surface area contributed by atoms with E-state index in [1.807, 2.05) is 23.9 Å². The van der Waals surface area contributed by atoms with Crippen LogP contribution in [0.3, 0.4) is 0 Å². The smallest absolute Gasteiger partial charge is 0.165 e. The Morgan fingerprint density at radius 1 is 1.18 bits per heavy atom. The molecule has 1 fully saturated rings. The summed E-state index contributed by atoms with van der Waals surface area (Å²) in [6, 6.07) is 8.14. The standard InChI is InChI=1S/C15H20OS/c1-2-17-14-10-8-13(9-11-14)15(16)12-6-4-3-5-7-12/h8-12H,2-7H2,1H3. The SMILES string of the molecule is CCSc1ccc(C(=O)C2CCCCC2)cc1. The fourth-order valence-electron chi connectivity index (χ4n) is 2.48. The molecule has 0 atom stereocenters. The summed E-state index contributed by atoms with van der Waals surface area (Å²) in [4.78, 5) is 13.5. The second-order valence-corrected chi connectivity index (χ2v) is 5.99. The van der Waals surface area contributed by atoms with Crippen molar-refractivity contribution >= 4 is 17.5 Å². The van der Waals surface area contributed by atoms with Gasteiger partial charge in [0.1, 0.15) is 0 Å². The zero-order chi connectivity index (χ0) is 12.1. The van der Waals surface area contributed by atoms with Gasteiger partial charge in [0.05, 0.1) is 0 Å². The molecular formula is C15H20OS. The van der Waals surface area contributed by atoms with Gasteiger partial charge < -0.3 is 0 Å². The van der Waals surface area contributed by atoms with Crippen molar-refractivity contribution in [3.8, 4) is 0 Å². The molecule has 0 radical (unpaired) electrons. The largest absolute Gasteiger partial charge is 0.294 e. The minimum absolute atomic E-state index is 0.286. The molecule has 1 aromatic carbocycles. The van der Waals surface area contributed by atoms with Gasteiger partial charge in [0, 0.05) is 16.4 Å². The highest BCUT2D eigenvalue weighted by atomic mass is 32.2. The van der Waals surface area contributed by atoms with Crippen LogP contribution in [0.4, 0.5) is 0 Å². The highest BCUT2D eigenvalue weighted by Crippen LogP contribution is 2.27. The average molecular weight is 248 g/mol. The van der Waals surface area contributed by atoms with E-state index in [9.17, 15) is 4.79 Å². The lowest BCUT2D eigenvalue weighted by Gasteiger charge is -2.20. The van der Waals surface area contributed by atoms with Crippen LogP contribution in [0.25, 0.3) is 0 Å². The molecule has 0 spiro atoms. The van der Waals surface area contributed by atoms with Crippen LogP contribution in [0.15, 0.2) is 29.2 Å². The Hall–Kier alpha value is -0.760. The third-order valence-electron chi connectivity index (χ3n) is 3.43. The molecule has 1 aliphatic carbocycles. The molecule has 0 aromatic heterocycles. The van der Waals surface area contributed by atoms with E-state index in [1.54, 1.807) is 0 Å². The molecule has 2 rings (SSSR count). The molecule has 1 saturated carbocycles. The zero-order valence-corrected chi connectivity index (χ0v) is 11.3. The maximum atomic E-state index is 12.3. The van der Waals surface area contributed by atoms with Crippen molar-refractivity contribution in [1.29, 1.82) is 0 Å². The molecule has 0 bridgehead atoms. The monoisotopic (exact) mass is 248 g/mol. The lowest BCUT2D eigenvalue weighted by atomic mass is 9.84. The summed E-state index contributed by atoms with van der Waals surface area (Å²) < 4.78 is 0. The van der Waals surface area contributed by atoms with Gasteiger partial charge in [-0.2, -0.15) is 0 Å². The Morgan fingerprint density at radius 2 is 1.82 bits per heavy atom. The first kappa shape index (κ1) is 12.7. The lowest BCUT2D eigenvalue weighted by molar-refractivity contribution is 0.0889. The number of hydrogen-bond donors (Lipinski definition) is 0. The third kappa shape index (κ3) is 3.35. The summed E-state index contributed by atoms with van der Waals surface area (Å²) in [5.74, 6) is 1.72. The number of ketones is 1. The van der Waals surface area contributed by atoms with Crippen LogP contribution in [0, 0.1) is 5.92 Å². The minimum Gasteiger partial charge on any atom is -0.294 e. The highest BCUT2D eigenvalue weighted by molar-refractivity contribution is 7.99. The van der Waals surface area contributed by atoms with Crippen molar-refractivity contribution in [2.45, 2.75) is 43.9 Å². The molecule has 1 aliphatic rings. The van der Waals surface area contributed by atoms with E-state index in [4.69, 9.17) is 0 Å². The number of carbonyl (C=O) groups is 1. The van der Waals surface area contributed by atoms with Gasteiger partial charge >= 0.3 is 0 Å². The Bertz CT molecular complexity index is 363. The number of hydrogen-bond acceptors (Lipinski definition) is 2. The lowest BCUT2D eigenvalue weighted by Crippen LogP contribution is -2.17. The summed E-state index contributed by atoms with van der Waals surface area (Å²) >= 11 is 1.82.